The van der Waals surface area contributed by atoms with Crippen molar-refractivity contribution in [3.63, 3.8) is 0 Å². The largest absolute Gasteiger partial charge is 0.385 e. The molecule has 92 valence electrons. The molecule has 1 unspecified atom stereocenters. The second-order valence-electron chi connectivity index (χ2n) is 5.32. The van der Waals surface area contributed by atoms with Gasteiger partial charge in [-0.3, -0.25) is 0 Å². The van der Waals surface area contributed by atoms with Crippen molar-refractivity contribution in [3.8, 4) is 0 Å². The SMILES string of the molecule is C=CCCC(C)(O)c1ccccc1C1CCC1. The van der Waals surface area contributed by atoms with Crippen LogP contribution in [0.5, 0.6) is 0 Å². The van der Waals surface area contributed by atoms with E-state index in [1.165, 1.54) is 24.8 Å². The fourth-order valence-electron chi connectivity index (χ4n) is 2.58. The Bertz CT molecular complexity index is 388. The van der Waals surface area contributed by atoms with Crippen LogP contribution in [0.4, 0.5) is 0 Å². The molecule has 0 aromatic heterocycles. The molecule has 17 heavy (non-hydrogen) atoms. The zero-order valence-corrected chi connectivity index (χ0v) is 10.7. The van der Waals surface area contributed by atoms with E-state index in [4.69, 9.17) is 0 Å². The minimum Gasteiger partial charge on any atom is -0.385 e. The Hall–Kier alpha value is -1.08. The van der Waals surface area contributed by atoms with Crippen LogP contribution in [0.15, 0.2) is 36.9 Å². The van der Waals surface area contributed by atoms with E-state index in [1.54, 1.807) is 0 Å². The molecule has 0 spiro atoms. The number of benzene rings is 1. The molecule has 1 N–H and O–H groups in total. The van der Waals surface area contributed by atoms with Gasteiger partial charge in [-0.25, -0.2) is 0 Å². The summed E-state index contributed by atoms with van der Waals surface area (Å²) in [6.45, 7) is 5.66. The van der Waals surface area contributed by atoms with Crippen LogP contribution in [-0.4, -0.2) is 5.11 Å². The third-order valence-corrected chi connectivity index (χ3v) is 3.92. The Morgan fingerprint density at radius 3 is 2.71 bits per heavy atom. The highest BCUT2D eigenvalue weighted by Crippen LogP contribution is 2.41. The van der Waals surface area contributed by atoms with Crippen molar-refractivity contribution in [1.82, 2.24) is 0 Å². The first kappa shape index (κ1) is 12.4. The van der Waals surface area contributed by atoms with Crippen LogP contribution in [0.1, 0.15) is 56.1 Å². The molecule has 0 amide bonds. The van der Waals surface area contributed by atoms with E-state index in [2.05, 4.69) is 24.8 Å². The molecule has 1 heteroatoms. The maximum absolute atomic E-state index is 10.6. The lowest BCUT2D eigenvalue weighted by atomic mass is 9.74. The predicted octanol–water partition coefficient (Wildman–Crippen LogP) is 4.13. The lowest BCUT2D eigenvalue weighted by Crippen LogP contribution is -2.25. The van der Waals surface area contributed by atoms with Crippen molar-refractivity contribution in [2.24, 2.45) is 0 Å². The molecule has 1 saturated carbocycles. The fraction of sp³-hybridized carbons (Fsp3) is 0.500. The van der Waals surface area contributed by atoms with Crippen molar-refractivity contribution in [3.05, 3.63) is 48.0 Å². The quantitative estimate of drug-likeness (QED) is 0.754. The molecule has 1 aliphatic carbocycles. The summed E-state index contributed by atoms with van der Waals surface area (Å²) in [5.74, 6) is 0.668. The lowest BCUT2D eigenvalue weighted by molar-refractivity contribution is 0.0470. The second-order valence-corrected chi connectivity index (χ2v) is 5.32. The zero-order chi connectivity index (χ0) is 12.3. The van der Waals surface area contributed by atoms with Crippen molar-refractivity contribution in [1.29, 1.82) is 0 Å². The first-order valence-corrected chi connectivity index (χ1v) is 6.58. The van der Waals surface area contributed by atoms with Gasteiger partial charge in [-0.05, 0) is 49.7 Å². The van der Waals surface area contributed by atoms with Gasteiger partial charge in [-0.1, -0.05) is 36.8 Å². The topological polar surface area (TPSA) is 20.2 Å². The lowest BCUT2D eigenvalue weighted by Gasteiger charge is -2.33. The highest BCUT2D eigenvalue weighted by molar-refractivity contribution is 5.35. The molecule has 1 nitrogen and oxygen atoms in total. The Morgan fingerprint density at radius 1 is 1.41 bits per heavy atom. The normalized spacial score (nSPS) is 19.4. The van der Waals surface area contributed by atoms with Gasteiger partial charge in [0.25, 0.3) is 0 Å². The van der Waals surface area contributed by atoms with Gasteiger partial charge >= 0.3 is 0 Å². The van der Waals surface area contributed by atoms with E-state index in [0.29, 0.717) is 5.92 Å². The van der Waals surface area contributed by atoms with E-state index in [-0.39, 0.29) is 0 Å². The van der Waals surface area contributed by atoms with E-state index in [0.717, 1.165) is 18.4 Å². The Labute approximate surface area is 104 Å². The molecule has 0 heterocycles. The number of aliphatic hydroxyl groups is 1. The van der Waals surface area contributed by atoms with Gasteiger partial charge in [0.2, 0.25) is 0 Å². The molecule has 1 fully saturated rings. The third-order valence-electron chi connectivity index (χ3n) is 3.92. The van der Waals surface area contributed by atoms with Gasteiger partial charge < -0.3 is 5.11 Å². The minimum absolute atomic E-state index is 0.668. The fourth-order valence-corrected chi connectivity index (χ4v) is 2.58. The van der Waals surface area contributed by atoms with Gasteiger partial charge in [0.1, 0.15) is 0 Å². The van der Waals surface area contributed by atoms with Crippen molar-refractivity contribution >= 4 is 0 Å². The summed E-state index contributed by atoms with van der Waals surface area (Å²) >= 11 is 0. The summed E-state index contributed by atoms with van der Waals surface area (Å²) in [5.41, 5.74) is 1.75. The number of hydrogen-bond donors (Lipinski definition) is 1. The van der Waals surface area contributed by atoms with Crippen molar-refractivity contribution in [2.75, 3.05) is 0 Å². The summed E-state index contributed by atoms with van der Waals surface area (Å²) in [6, 6.07) is 8.37. The summed E-state index contributed by atoms with van der Waals surface area (Å²) in [5, 5.41) is 10.6. The van der Waals surface area contributed by atoms with Gasteiger partial charge in [0.05, 0.1) is 5.60 Å². The van der Waals surface area contributed by atoms with Gasteiger partial charge in [-0.15, -0.1) is 6.58 Å². The van der Waals surface area contributed by atoms with Gasteiger partial charge in [0.15, 0.2) is 0 Å². The average Bonchev–Trinajstić information content (AvgIpc) is 2.25. The summed E-state index contributed by atoms with van der Waals surface area (Å²) < 4.78 is 0. The van der Waals surface area contributed by atoms with Crippen molar-refractivity contribution < 1.29 is 5.11 Å². The molecule has 0 aliphatic heterocycles. The summed E-state index contributed by atoms with van der Waals surface area (Å²) in [7, 11) is 0. The van der Waals surface area contributed by atoms with Crippen LogP contribution in [0.25, 0.3) is 0 Å². The Kier molecular flexibility index (Phi) is 3.68. The molecule has 2 rings (SSSR count). The zero-order valence-electron chi connectivity index (χ0n) is 10.7. The number of rotatable bonds is 5. The molecule has 1 aliphatic rings. The van der Waals surface area contributed by atoms with Crippen LogP contribution in [0.2, 0.25) is 0 Å². The number of allylic oxidation sites excluding steroid dienone is 1. The Morgan fingerprint density at radius 2 is 2.12 bits per heavy atom. The van der Waals surface area contributed by atoms with Gasteiger partial charge in [-0.2, -0.15) is 0 Å². The highest BCUT2D eigenvalue weighted by Gasteiger charge is 2.29. The molecule has 0 bridgehead atoms. The van der Waals surface area contributed by atoms with E-state index in [9.17, 15) is 5.11 Å². The number of hydrogen-bond acceptors (Lipinski definition) is 1. The second kappa shape index (κ2) is 5.05. The summed E-state index contributed by atoms with van der Waals surface area (Å²) in [6.07, 6.45) is 7.35. The molecule has 1 atom stereocenters. The van der Waals surface area contributed by atoms with Crippen LogP contribution in [0.3, 0.4) is 0 Å². The first-order chi connectivity index (χ1) is 8.15. The van der Waals surface area contributed by atoms with E-state index in [1.807, 2.05) is 19.1 Å². The molecular weight excluding hydrogens is 208 g/mol. The van der Waals surface area contributed by atoms with Crippen molar-refractivity contribution in [2.45, 2.75) is 50.5 Å². The molecule has 0 radical (unpaired) electrons. The standard InChI is InChI=1S/C16H22O/c1-3-4-12-16(2,17)15-11-6-5-10-14(15)13-8-7-9-13/h3,5-6,10-11,13,17H,1,4,7-9,12H2,2H3. The maximum atomic E-state index is 10.6. The molecule has 0 saturated heterocycles. The molecular formula is C16H22O. The molecule has 1 aromatic carbocycles. The predicted molar refractivity (Wildman–Crippen MR) is 72.0 cm³/mol. The average molecular weight is 230 g/mol. The maximum Gasteiger partial charge on any atom is 0.0874 e. The monoisotopic (exact) mass is 230 g/mol. The van der Waals surface area contributed by atoms with E-state index < -0.39 is 5.60 Å². The summed E-state index contributed by atoms with van der Waals surface area (Å²) in [4.78, 5) is 0. The van der Waals surface area contributed by atoms with Crippen LogP contribution < -0.4 is 0 Å². The molecule has 1 aromatic rings. The highest BCUT2D eigenvalue weighted by atomic mass is 16.3. The van der Waals surface area contributed by atoms with Gasteiger partial charge in [0, 0.05) is 0 Å². The Balaban J connectivity index is 2.26. The van der Waals surface area contributed by atoms with Crippen LogP contribution in [0, 0.1) is 0 Å². The van der Waals surface area contributed by atoms with E-state index >= 15 is 0 Å². The van der Waals surface area contributed by atoms with Crippen LogP contribution in [-0.2, 0) is 5.60 Å². The first-order valence-electron chi connectivity index (χ1n) is 6.58. The smallest absolute Gasteiger partial charge is 0.0874 e. The minimum atomic E-state index is -0.722. The van der Waals surface area contributed by atoms with Crippen LogP contribution >= 0.6 is 0 Å². The third kappa shape index (κ3) is 2.61.